The van der Waals surface area contributed by atoms with Gasteiger partial charge in [0.1, 0.15) is 5.75 Å². The van der Waals surface area contributed by atoms with Crippen LogP contribution in [0.25, 0.3) is 0 Å². The Bertz CT molecular complexity index is 773. The largest absolute Gasteiger partial charge is 0.484 e. The van der Waals surface area contributed by atoms with Gasteiger partial charge in [-0.3, -0.25) is 14.4 Å². The zero-order chi connectivity index (χ0) is 18.9. The summed E-state index contributed by atoms with van der Waals surface area (Å²) in [5.74, 6) is -0.942. The molecule has 136 valence electrons. The highest BCUT2D eigenvalue weighted by molar-refractivity contribution is 5.94. The molecule has 1 unspecified atom stereocenters. The number of carbonyl (C=O) groups excluding carboxylic acids is 2. The first-order valence-corrected chi connectivity index (χ1v) is 8.25. The molecular weight excluding hydrogens is 334 g/mol. The predicted molar refractivity (Wildman–Crippen MR) is 96.1 cm³/mol. The van der Waals surface area contributed by atoms with Gasteiger partial charge in [0.2, 0.25) is 0 Å². The summed E-state index contributed by atoms with van der Waals surface area (Å²) in [4.78, 5) is 34.4. The Labute approximate surface area is 151 Å². The van der Waals surface area contributed by atoms with Crippen molar-refractivity contribution in [3.63, 3.8) is 0 Å². The molecule has 0 heterocycles. The van der Waals surface area contributed by atoms with Crippen molar-refractivity contribution in [2.45, 2.75) is 25.8 Å². The van der Waals surface area contributed by atoms with Crippen molar-refractivity contribution in [1.29, 1.82) is 0 Å². The number of amides is 1. The minimum Gasteiger partial charge on any atom is -0.484 e. The lowest BCUT2D eigenvalue weighted by Crippen LogP contribution is -2.33. The molecule has 0 aliphatic rings. The highest BCUT2D eigenvalue weighted by Crippen LogP contribution is 2.19. The van der Waals surface area contributed by atoms with Crippen LogP contribution < -0.4 is 10.1 Å². The summed E-state index contributed by atoms with van der Waals surface area (Å²) in [5, 5.41) is 11.7. The molecule has 0 aromatic heterocycles. The van der Waals surface area contributed by atoms with Gasteiger partial charge in [0, 0.05) is 12.0 Å². The Hall–Kier alpha value is -3.15. The maximum Gasteiger partial charge on any atom is 0.303 e. The van der Waals surface area contributed by atoms with Crippen molar-refractivity contribution in [3.8, 4) is 5.75 Å². The molecular formula is C20H21NO5. The van der Waals surface area contributed by atoms with Crippen molar-refractivity contribution in [2.75, 3.05) is 6.61 Å². The fourth-order valence-electron chi connectivity index (χ4n) is 2.47. The Balaban J connectivity index is 1.97. The number of carboxylic acid groups (broad SMARTS) is 1. The molecule has 0 saturated heterocycles. The van der Waals surface area contributed by atoms with Crippen molar-refractivity contribution in [2.24, 2.45) is 0 Å². The second-order valence-electron chi connectivity index (χ2n) is 5.84. The average molecular weight is 355 g/mol. The maximum atomic E-state index is 12.2. The van der Waals surface area contributed by atoms with E-state index in [0.29, 0.717) is 11.3 Å². The minimum atomic E-state index is -0.919. The van der Waals surface area contributed by atoms with Crippen molar-refractivity contribution in [3.05, 3.63) is 65.7 Å². The molecule has 0 aliphatic heterocycles. The first-order valence-electron chi connectivity index (χ1n) is 8.25. The third-order valence-electron chi connectivity index (χ3n) is 3.79. The zero-order valence-corrected chi connectivity index (χ0v) is 14.5. The maximum absolute atomic E-state index is 12.2. The van der Waals surface area contributed by atoms with E-state index < -0.39 is 12.0 Å². The van der Waals surface area contributed by atoms with E-state index in [2.05, 4.69) is 5.32 Å². The topological polar surface area (TPSA) is 92.7 Å². The standard InChI is InChI=1S/C20H21NO5/c1-14(22)16-8-5-9-17(12-16)26-13-19(23)21-18(10-11-20(24)25)15-6-3-2-4-7-15/h2-9,12,18H,10-11,13H2,1H3,(H,21,23)(H,24,25). The Morgan fingerprint density at radius 3 is 2.46 bits per heavy atom. The first-order chi connectivity index (χ1) is 12.5. The van der Waals surface area contributed by atoms with Crippen LogP contribution in [-0.2, 0) is 9.59 Å². The molecule has 1 atom stereocenters. The smallest absolute Gasteiger partial charge is 0.303 e. The van der Waals surface area contributed by atoms with Gasteiger partial charge < -0.3 is 15.2 Å². The van der Waals surface area contributed by atoms with E-state index in [1.165, 1.54) is 6.92 Å². The van der Waals surface area contributed by atoms with Gasteiger partial charge in [0.05, 0.1) is 6.04 Å². The van der Waals surface area contributed by atoms with Crippen LogP contribution in [0.3, 0.4) is 0 Å². The quantitative estimate of drug-likeness (QED) is 0.675. The van der Waals surface area contributed by atoms with Gasteiger partial charge in [-0.1, -0.05) is 42.5 Å². The number of ether oxygens (including phenoxy) is 1. The Morgan fingerprint density at radius 2 is 1.81 bits per heavy atom. The van der Waals surface area contributed by atoms with Crippen molar-refractivity contribution < 1.29 is 24.2 Å². The van der Waals surface area contributed by atoms with Gasteiger partial charge in [-0.25, -0.2) is 0 Å². The van der Waals surface area contributed by atoms with E-state index in [9.17, 15) is 14.4 Å². The lowest BCUT2D eigenvalue weighted by atomic mass is 10.0. The number of hydrogen-bond donors (Lipinski definition) is 2. The predicted octanol–water partition coefficient (Wildman–Crippen LogP) is 2.99. The molecule has 0 aliphatic carbocycles. The number of benzene rings is 2. The molecule has 26 heavy (non-hydrogen) atoms. The molecule has 0 radical (unpaired) electrons. The van der Waals surface area contributed by atoms with Crippen LogP contribution in [0.15, 0.2) is 54.6 Å². The zero-order valence-electron chi connectivity index (χ0n) is 14.5. The van der Waals surface area contributed by atoms with Gasteiger partial charge in [0.25, 0.3) is 5.91 Å². The number of hydrogen-bond acceptors (Lipinski definition) is 4. The summed E-state index contributed by atoms with van der Waals surface area (Å²) in [6, 6.07) is 15.4. The van der Waals surface area contributed by atoms with Crippen LogP contribution in [0.2, 0.25) is 0 Å². The van der Waals surface area contributed by atoms with Crippen LogP contribution in [0.4, 0.5) is 0 Å². The van der Waals surface area contributed by atoms with E-state index >= 15 is 0 Å². The number of Topliss-reactive ketones (excluding diaryl/α,β-unsaturated/α-hetero) is 1. The summed E-state index contributed by atoms with van der Waals surface area (Å²) in [6.45, 7) is 1.23. The minimum absolute atomic E-state index is 0.0542. The Morgan fingerprint density at radius 1 is 1.08 bits per heavy atom. The van der Waals surface area contributed by atoms with Gasteiger partial charge in [-0.15, -0.1) is 0 Å². The SMILES string of the molecule is CC(=O)c1cccc(OCC(=O)NC(CCC(=O)O)c2ccccc2)c1. The molecule has 0 fully saturated rings. The summed E-state index contributed by atoms with van der Waals surface area (Å²) < 4.78 is 5.44. The highest BCUT2D eigenvalue weighted by Gasteiger charge is 2.16. The third-order valence-corrected chi connectivity index (χ3v) is 3.79. The van der Waals surface area contributed by atoms with Crippen LogP contribution in [0.5, 0.6) is 5.75 Å². The second kappa shape index (κ2) is 9.36. The molecule has 6 nitrogen and oxygen atoms in total. The molecule has 1 amide bonds. The third kappa shape index (κ3) is 6.05. The molecule has 2 aromatic carbocycles. The molecule has 0 spiro atoms. The van der Waals surface area contributed by atoms with Crippen LogP contribution in [0, 0.1) is 0 Å². The number of carboxylic acids is 1. The summed E-state index contributed by atoms with van der Waals surface area (Å²) in [6.07, 6.45) is 0.228. The average Bonchev–Trinajstić information content (AvgIpc) is 2.64. The van der Waals surface area contributed by atoms with Crippen molar-refractivity contribution >= 4 is 17.7 Å². The second-order valence-corrected chi connectivity index (χ2v) is 5.84. The summed E-state index contributed by atoms with van der Waals surface area (Å²) in [7, 11) is 0. The fourth-order valence-corrected chi connectivity index (χ4v) is 2.47. The van der Waals surface area contributed by atoms with Gasteiger partial charge in [-0.2, -0.15) is 0 Å². The molecule has 2 N–H and O–H groups in total. The van der Waals surface area contributed by atoms with E-state index in [1.807, 2.05) is 30.3 Å². The van der Waals surface area contributed by atoms with Crippen LogP contribution in [0.1, 0.15) is 41.7 Å². The van der Waals surface area contributed by atoms with Crippen LogP contribution in [-0.4, -0.2) is 29.4 Å². The van der Waals surface area contributed by atoms with Crippen LogP contribution >= 0.6 is 0 Å². The number of aliphatic carboxylic acids is 1. The molecule has 0 saturated carbocycles. The molecule has 2 aromatic rings. The molecule has 2 rings (SSSR count). The van der Waals surface area contributed by atoms with Gasteiger partial charge in [0.15, 0.2) is 12.4 Å². The first kappa shape index (κ1) is 19.2. The van der Waals surface area contributed by atoms with E-state index in [0.717, 1.165) is 5.56 Å². The molecule has 6 heteroatoms. The Kier molecular flexibility index (Phi) is 6.91. The number of ketones is 1. The normalized spacial score (nSPS) is 11.4. The summed E-state index contributed by atoms with van der Waals surface area (Å²) >= 11 is 0. The highest BCUT2D eigenvalue weighted by atomic mass is 16.5. The number of nitrogens with one attached hydrogen (secondary N) is 1. The lowest BCUT2D eigenvalue weighted by molar-refractivity contribution is -0.137. The van der Waals surface area contributed by atoms with Gasteiger partial charge in [-0.05, 0) is 31.0 Å². The fraction of sp³-hybridized carbons (Fsp3) is 0.250. The van der Waals surface area contributed by atoms with Crippen molar-refractivity contribution in [1.82, 2.24) is 5.32 Å². The monoisotopic (exact) mass is 355 g/mol. The molecule has 0 bridgehead atoms. The van der Waals surface area contributed by atoms with E-state index in [1.54, 1.807) is 24.3 Å². The van der Waals surface area contributed by atoms with E-state index in [-0.39, 0.29) is 31.1 Å². The van der Waals surface area contributed by atoms with Gasteiger partial charge >= 0.3 is 5.97 Å². The number of carbonyl (C=O) groups is 3. The number of rotatable bonds is 9. The summed E-state index contributed by atoms with van der Waals surface area (Å²) in [5.41, 5.74) is 1.34. The lowest BCUT2D eigenvalue weighted by Gasteiger charge is -2.19. The van der Waals surface area contributed by atoms with E-state index in [4.69, 9.17) is 9.84 Å².